The van der Waals surface area contributed by atoms with Crippen molar-refractivity contribution >= 4 is 23.6 Å². The van der Waals surface area contributed by atoms with Crippen molar-refractivity contribution in [2.24, 2.45) is 5.92 Å². The van der Waals surface area contributed by atoms with E-state index in [1.807, 2.05) is 4.90 Å². The molecule has 2 aliphatic heterocycles. The number of carbonyl (C=O) groups is 4. The highest BCUT2D eigenvalue weighted by Crippen LogP contribution is 2.27. The van der Waals surface area contributed by atoms with Gasteiger partial charge in [-0.05, 0) is 31.9 Å². The highest BCUT2D eigenvalue weighted by Gasteiger charge is 2.42. The fourth-order valence-corrected chi connectivity index (χ4v) is 4.69. The monoisotopic (exact) mass is 397 g/mol. The van der Waals surface area contributed by atoms with Crippen LogP contribution in [0.5, 0.6) is 0 Å². The predicted molar refractivity (Wildman–Crippen MR) is 106 cm³/mol. The number of carbonyl (C=O) groups excluding carboxylic acids is 4. The number of benzene rings is 1. The number of fused-ring (bicyclic) bond motifs is 1. The largest absolute Gasteiger partial charge is 0.339 e. The first kappa shape index (κ1) is 19.6. The van der Waals surface area contributed by atoms with Crippen LogP contribution in [0.1, 0.15) is 59.7 Å². The van der Waals surface area contributed by atoms with Crippen molar-refractivity contribution < 1.29 is 19.2 Å². The zero-order chi connectivity index (χ0) is 20.5. The van der Waals surface area contributed by atoms with E-state index < -0.39 is 17.9 Å². The zero-order valence-corrected chi connectivity index (χ0v) is 16.8. The van der Waals surface area contributed by atoms with Gasteiger partial charge in [0.15, 0.2) is 0 Å². The van der Waals surface area contributed by atoms with Gasteiger partial charge in [-0.1, -0.05) is 31.4 Å². The summed E-state index contributed by atoms with van der Waals surface area (Å²) in [5, 5.41) is 0. The molecule has 0 radical (unpaired) electrons. The summed E-state index contributed by atoms with van der Waals surface area (Å²) in [5.41, 5.74) is 0.695. The van der Waals surface area contributed by atoms with Gasteiger partial charge in [0.25, 0.3) is 11.8 Å². The standard InChI is InChI=1S/C22H27N3O4/c1-15(25-21(28)17-9-5-6-10-18(17)22(25)29)19(26)23-11-13-24(14-12-23)20(27)16-7-3-2-4-8-16/h5-6,9-10,15-16H,2-4,7-8,11-14H2,1H3. The maximum absolute atomic E-state index is 13.0. The minimum atomic E-state index is -0.858. The van der Waals surface area contributed by atoms with Gasteiger partial charge in [0.2, 0.25) is 11.8 Å². The van der Waals surface area contributed by atoms with Gasteiger partial charge in [0, 0.05) is 32.1 Å². The van der Waals surface area contributed by atoms with Gasteiger partial charge >= 0.3 is 0 Å². The van der Waals surface area contributed by atoms with E-state index in [2.05, 4.69) is 0 Å². The summed E-state index contributed by atoms with van der Waals surface area (Å²) in [4.78, 5) is 55.6. The first-order chi connectivity index (χ1) is 14.0. The quantitative estimate of drug-likeness (QED) is 0.730. The normalized spacial score (nSPS) is 21.3. The maximum atomic E-state index is 13.0. The molecule has 1 atom stereocenters. The van der Waals surface area contributed by atoms with Crippen LogP contribution in [0.2, 0.25) is 0 Å². The molecule has 0 N–H and O–H groups in total. The molecule has 2 heterocycles. The minimum absolute atomic E-state index is 0.128. The van der Waals surface area contributed by atoms with E-state index in [1.165, 1.54) is 6.42 Å². The molecule has 2 fully saturated rings. The molecule has 0 bridgehead atoms. The topological polar surface area (TPSA) is 78.0 Å². The maximum Gasteiger partial charge on any atom is 0.262 e. The van der Waals surface area contributed by atoms with Crippen LogP contribution < -0.4 is 0 Å². The number of rotatable bonds is 3. The number of piperazine rings is 1. The molecule has 4 rings (SSSR count). The van der Waals surface area contributed by atoms with Crippen LogP contribution in [0.4, 0.5) is 0 Å². The average Bonchev–Trinajstić information content (AvgIpc) is 3.03. The summed E-state index contributed by atoms with van der Waals surface area (Å²) < 4.78 is 0. The Hall–Kier alpha value is -2.70. The van der Waals surface area contributed by atoms with Gasteiger partial charge in [-0.25, -0.2) is 0 Å². The second-order valence-electron chi connectivity index (χ2n) is 8.19. The Bertz CT molecular complexity index is 803. The second-order valence-corrected chi connectivity index (χ2v) is 8.19. The lowest BCUT2D eigenvalue weighted by Gasteiger charge is -2.38. The van der Waals surface area contributed by atoms with E-state index >= 15 is 0 Å². The molecule has 1 unspecified atom stereocenters. The Labute approximate surface area is 170 Å². The molecule has 1 saturated carbocycles. The third kappa shape index (κ3) is 3.54. The molecule has 1 aromatic carbocycles. The fraction of sp³-hybridized carbons (Fsp3) is 0.545. The van der Waals surface area contributed by atoms with E-state index in [-0.39, 0.29) is 17.7 Å². The molecule has 1 saturated heterocycles. The highest BCUT2D eigenvalue weighted by atomic mass is 16.2. The smallest absolute Gasteiger partial charge is 0.262 e. The highest BCUT2D eigenvalue weighted by molar-refractivity contribution is 6.22. The Kier molecular flexibility index (Phi) is 5.39. The predicted octanol–water partition coefficient (Wildman–Crippen LogP) is 1.92. The van der Waals surface area contributed by atoms with E-state index in [9.17, 15) is 19.2 Å². The van der Waals surface area contributed by atoms with Gasteiger partial charge in [-0.2, -0.15) is 0 Å². The summed E-state index contributed by atoms with van der Waals surface area (Å²) in [6.45, 7) is 3.49. The molecule has 29 heavy (non-hydrogen) atoms. The molecular formula is C22H27N3O4. The third-order valence-electron chi connectivity index (χ3n) is 6.43. The minimum Gasteiger partial charge on any atom is -0.339 e. The molecule has 154 valence electrons. The van der Waals surface area contributed by atoms with Gasteiger partial charge in [0.05, 0.1) is 11.1 Å². The van der Waals surface area contributed by atoms with E-state index in [0.29, 0.717) is 37.3 Å². The molecule has 3 aliphatic rings. The molecule has 4 amide bonds. The molecule has 7 nitrogen and oxygen atoms in total. The zero-order valence-electron chi connectivity index (χ0n) is 16.8. The van der Waals surface area contributed by atoms with Gasteiger partial charge in [0.1, 0.15) is 6.04 Å². The fourth-order valence-electron chi connectivity index (χ4n) is 4.69. The van der Waals surface area contributed by atoms with Crippen LogP contribution in [-0.4, -0.2) is 70.5 Å². The molecule has 7 heteroatoms. The number of hydrogen-bond acceptors (Lipinski definition) is 4. The number of imide groups is 1. The molecule has 1 aliphatic carbocycles. The van der Waals surface area contributed by atoms with Crippen LogP contribution in [0.25, 0.3) is 0 Å². The first-order valence-electron chi connectivity index (χ1n) is 10.5. The number of nitrogens with zero attached hydrogens (tertiary/aromatic N) is 3. The van der Waals surface area contributed by atoms with Crippen molar-refractivity contribution in [2.45, 2.75) is 45.1 Å². The molecule has 0 aromatic heterocycles. The van der Waals surface area contributed by atoms with Crippen LogP contribution in [0.3, 0.4) is 0 Å². The third-order valence-corrected chi connectivity index (χ3v) is 6.43. The van der Waals surface area contributed by atoms with Gasteiger partial charge in [-0.3, -0.25) is 24.1 Å². The van der Waals surface area contributed by atoms with Crippen molar-refractivity contribution in [3.63, 3.8) is 0 Å². The summed E-state index contributed by atoms with van der Waals surface area (Å²) in [5.74, 6) is -0.743. The lowest BCUT2D eigenvalue weighted by atomic mass is 9.88. The molecule has 0 spiro atoms. The Balaban J connectivity index is 1.37. The van der Waals surface area contributed by atoms with Gasteiger partial charge in [-0.15, -0.1) is 0 Å². The van der Waals surface area contributed by atoms with Crippen LogP contribution in [0.15, 0.2) is 24.3 Å². The molecule has 1 aromatic rings. The van der Waals surface area contributed by atoms with Crippen LogP contribution >= 0.6 is 0 Å². The average molecular weight is 397 g/mol. The summed E-state index contributed by atoms with van der Waals surface area (Å²) in [6, 6.07) is 5.79. The van der Waals surface area contributed by atoms with Crippen molar-refractivity contribution in [1.29, 1.82) is 0 Å². The van der Waals surface area contributed by atoms with Crippen molar-refractivity contribution in [3.8, 4) is 0 Å². The Morgan fingerprint density at radius 1 is 0.862 bits per heavy atom. The Morgan fingerprint density at radius 2 is 1.38 bits per heavy atom. The van der Waals surface area contributed by atoms with Gasteiger partial charge < -0.3 is 9.80 Å². The second kappa shape index (κ2) is 7.97. The van der Waals surface area contributed by atoms with E-state index in [0.717, 1.165) is 30.6 Å². The number of hydrogen-bond donors (Lipinski definition) is 0. The van der Waals surface area contributed by atoms with Crippen LogP contribution in [-0.2, 0) is 9.59 Å². The summed E-state index contributed by atoms with van der Waals surface area (Å²) in [6.07, 6.45) is 5.38. The van der Waals surface area contributed by atoms with E-state index in [4.69, 9.17) is 0 Å². The molecular weight excluding hydrogens is 370 g/mol. The van der Waals surface area contributed by atoms with Crippen molar-refractivity contribution in [2.75, 3.05) is 26.2 Å². The first-order valence-corrected chi connectivity index (χ1v) is 10.5. The number of amides is 4. The van der Waals surface area contributed by atoms with E-state index in [1.54, 1.807) is 36.1 Å². The van der Waals surface area contributed by atoms with Crippen LogP contribution in [0, 0.1) is 5.92 Å². The summed E-state index contributed by atoms with van der Waals surface area (Å²) >= 11 is 0. The van der Waals surface area contributed by atoms with Crippen molar-refractivity contribution in [1.82, 2.24) is 14.7 Å². The lowest BCUT2D eigenvalue weighted by Crippen LogP contribution is -2.56. The SMILES string of the molecule is CC(C(=O)N1CCN(C(=O)C2CCCCC2)CC1)N1C(=O)c2ccccc2C1=O. The lowest BCUT2D eigenvalue weighted by molar-refractivity contribution is -0.144. The Morgan fingerprint density at radius 3 is 1.93 bits per heavy atom. The van der Waals surface area contributed by atoms with Crippen molar-refractivity contribution in [3.05, 3.63) is 35.4 Å². The summed E-state index contributed by atoms with van der Waals surface area (Å²) in [7, 11) is 0.